The molecule has 0 aliphatic rings. The molecule has 0 unspecified atom stereocenters. The maximum absolute atomic E-state index is 7.23. The molecule has 0 rings (SSSR count). The molecular weight excluding hydrogens is 134 g/mol. The minimum absolute atomic E-state index is 0.468. The van der Waals surface area contributed by atoms with Gasteiger partial charge in [-0.15, -0.1) is 0 Å². The standard InChI is InChI=1S/C10H21N/c1-9(11)7-5-6-8-10(2,3)4/h11H,5-8H2,1-4H3. The van der Waals surface area contributed by atoms with Crippen molar-refractivity contribution in [1.82, 2.24) is 0 Å². The minimum Gasteiger partial charge on any atom is -0.310 e. The van der Waals surface area contributed by atoms with Crippen molar-refractivity contribution in [2.24, 2.45) is 5.41 Å². The number of hydrogen-bond acceptors (Lipinski definition) is 1. The zero-order chi connectivity index (χ0) is 8.91. The molecule has 11 heavy (non-hydrogen) atoms. The highest BCUT2D eigenvalue weighted by atomic mass is 14.4. The summed E-state index contributed by atoms with van der Waals surface area (Å²) in [5.74, 6) is 0. The van der Waals surface area contributed by atoms with Gasteiger partial charge in [-0.3, -0.25) is 0 Å². The average molecular weight is 155 g/mol. The van der Waals surface area contributed by atoms with Gasteiger partial charge in [-0.25, -0.2) is 0 Å². The maximum Gasteiger partial charge on any atom is 0.00582 e. The summed E-state index contributed by atoms with van der Waals surface area (Å²) >= 11 is 0. The van der Waals surface area contributed by atoms with Crippen LogP contribution in [-0.2, 0) is 0 Å². The Labute approximate surface area is 70.7 Å². The van der Waals surface area contributed by atoms with Gasteiger partial charge in [0.2, 0.25) is 0 Å². The van der Waals surface area contributed by atoms with Gasteiger partial charge in [0.15, 0.2) is 0 Å². The van der Waals surface area contributed by atoms with Crippen LogP contribution in [0.25, 0.3) is 0 Å². The normalized spacial score (nSPS) is 11.6. The average Bonchev–Trinajstić information content (AvgIpc) is 1.78. The minimum atomic E-state index is 0.468. The van der Waals surface area contributed by atoms with Crippen LogP contribution in [0.2, 0.25) is 0 Å². The summed E-state index contributed by atoms with van der Waals surface area (Å²) < 4.78 is 0. The Bertz CT molecular complexity index is 119. The molecule has 1 heteroatoms. The number of unbranched alkanes of at least 4 members (excludes halogenated alkanes) is 1. The highest BCUT2D eigenvalue weighted by Gasteiger charge is 2.08. The van der Waals surface area contributed by atoms with Gasteiger partial charge in [0, 0.05) is 5.71 Å². The fourth-order valence-corrected chi connectivity index (χ4v) is 1.05. The van der Waals surface area contributed by atoms with E-state index in [0.717, 1.165) is 12.1 Å². The molecule has 0 saturated carbocycles. The lowest BCUT2D eigenvalue weighted by molar-refractivity contribution is 0.361. The summed E-state index contributed by atoms with van der Waals surface area (Å²) in [5.41, 5.74) is 1.29. The summed E-state index contributed by atoms with van der Waals surface area (Å²) in [4.78, 5) is 0. The van der Waals surface area contributed by atoms with E-state index in [1.807, 2.05) is 6.92 Å². The third-order valence-electron chi connectivity index (χ3n) is 1.73. The van der Waals surface area contributed by atoms with Gasteiger partial charge in [-0.05, 0) is 31.6 Å². The van der Waals surface area contributed by atoms with Gasteiger partial charge in [-0.2, -0.15) is 0 Å². The van der Waals surface area contributed by atoms with Crippen molar-refractivity contribution in [2.45, 2.75) is 53.4 Å². The highest BCUT2D eigenvalue weighted by Crippen LogP contribution is 2.21. The number of hydrogen-bond donors (Lipinski definition) is 1. The van der Waals surface area contributed by atoms with Crippen molar-refractivity contribution >= 4 is 5.71 Å². The van der Waals surface area contributed by atoms with E-state index in [1.54, 1.807) is 0 Å². The number of rotatable bonds is 4. The maximum atomic E-state index is 7.23. The van der Waals surface area contributed by atoms with Gasteiger partial charge in [0.25, 0.3) is 0 Å². The van der Waals surface area contributed by atoms with Crippen LogP contribution in [0, 0.1) is 10.8 Å². The highest BCUT2D eigenvalue weighted by molar-refractivity contribution is 5.78. The van der Waals surface area contributed by atoms with Crippen LogP contribution in [-0.4, -0.2) is 5.71 Å². The Morgan fingerprint density at radius 1 is 1.18 bits per heavy atom. The molecule has 0 amide bonds. The van der Waals surface area contributed by atoms with Crippen LogP contribution in [0.1, 0.15) is 53.4 Å². The summed E-state index contributed by atoms with van der Waals surface area (Å²) in [6.07, 6.45) is 4.71. The lowest BCUT2D eigenvalue weighted by Crippen LogP contribution is -2.04. The molecule has 0 spiro atoms. The van der Waals surface area contributed by atoms with Crippen molar-refractivity contribution in [3.63, 3.8) is 0 Å². The fraction of sp³-hybridized carbons (Fsp3) is 0.900. The predicted octanol–water partition coefficient (Wildman–Crippen LogP) is 3.63. The van der Waals surface area contributed by atoms with E-state index in [0.29, 0.717) is 5.41 Å². The molecule has 0 aromatic rings. The molecule has 0 saturated heterocycles. The Balaban J connectivity index is 3.22. The van der Waals surface area contributed by atoms with Crippen LogP contribution in [0.5, 0.6) is 0 Å². The van der Waals surface area contributed by atoms with Crippen molar-refractivity contribution in [1.29, 1.82) is 5.41 Å². The van der Waals surface area contributed by atoms with Crippen molar-refractivity contribution in [3.8, 4) is 0 Å². The summed E-state index contributed by atoms with van der Waals surface area (Å²) in [6.45, 7) is 8.69. The van der Waals surface area contributed by atoms with E-state index in [9.17, 15) is 0 Å². The quantitative estimate of drug-likeness (QED) is 0.473. The second kappa shape index (κ2) is 4.53. The molecule has 1 N–H and O–H groups in total. The zero-order valence-corrected chi connectivity index (χ0v) is 8.33. The van der Waals surface area contributed by atoms with Crippen molar-refractivity contribution < 1.29 is 0 Å². The smallest absolute Gasteiger partial charge is 0.00582 e. The van der Waals surface area contributed by atoms with E-state index < -0.39 is 0 Å². The third kappa shape index (κ3) is 9.67. The molecular formula is C10H21N. The van der Waals surface area contributed by atoms with Crippen molar-refractivity contribution in [3.05, 3.63) is 0 Å². The van der Waals surface area contributed by atoms with E-state index >= 15 is 0 Å². The molecule has 0 fully saturated rings. The molecule has 0 aliphatic carbocycles. The van der Waals surface area contributed by atoms with Gasteiger partial charge >= 0.3 is 0 Å². The Kier molecular flexibility index (Phi) is 4.39. The summed E-state index contributed by atoms with van der Waals surface area (Å²) in [6, 6.07) is 0. The zero-order valence-electron chi connectivity index (χ0n) is 8.33. The molecule has 66 valence electrons. The van der Waals surface area contributed by atoms with Gasteiger partial charge < -0.3 is 5.41 Å². The monoisotopic (exact) mass is 155 g/mol. The van der Waals surface area contributed by atoms with E-state index in [2.05, 4.69) is 20.8 Å². The van der Waals surface area contributed by atoms with Gasteiger partial charge in [-0.1, -0.05) is 27.2 Å². The first-order valence-corrected chi connectivity index (χ1v) is 4.46. The third-order valence-corrected chi connectivity index (χ3v) is 1.73. The van der Waals surface area contributed by atoms with Crippen LogP contribution >= 0.6 is 0 Å². The molecule has 0 aromatic carbocycles. The molecule has 0 radical (unpaired) electrons. The van der Waals surface area contributed by atoms with Crippen LogP contribution in [0.3, 0.4) is 0 Å². The SMILES string of the molecule is CC(=N)CCCCC(C)(C)C. The topological polar surface area (TPSA) is 23.9 Å². The first kappa shape index (κ1) is 10.7. The van der Waals surface area contributed by atoms with Crippen LogP contribution in [0.15, 0.2) is 0 Å². The molecule has 1 nitrogen and oxygen atoms in total. The van der Waals surface area contributed by atoms with E-state index in [-0.39, 0.29) is 0 Å². The first-order chi connectivity index (χ1) is 4.92. The summed E-state index contributed by atoms with van der Waals surface area (Å²) in [5, 5.41) is 7.23. The van der Waals surface area contributed by atoms with Crippen LogP contribution < -0.4 is 0 Å². The second-order valence-corrected chi connectivity index (χ2v) is 4.55. The van der Waals surface area contributed by atoms with Crippen LogP contribution in [0.4, 0.5) is 0 Å². The largest absolute Gasteiger partial charge is 0.310 e. The fourth-order valence-electron chi connectivity index (χ4n) is 1.05. The number of nitrogens with one attached hydrogen (secondary N) is 1. The van der Waals surface area contributed by atoms with E-state index in [1.165, 1.54) is 19.3 Å². The molecule has 0 heterocycles. The first-order valence-electron chi connectivity index (χ1n) is 4.46. The molecule has 0 atom stereocenters. The lowest BCUT2D eigenvalue weighted by Gasteiger charge is -2.17. The Morgan fingerprint density at radius 3 is 2.09 bits per heavy atom. The second-order valence-electron chi connectivity index (χ2n) is 4.55. The molecule has 0 bridgehead atoms. The van der Waals surface area contributed by atoms with Crippen molar-refractivity contribution in [2.75, 3.05) is 0 Å². The molecule has 0 aliphatic heterocycles. The van der Waals surface area contributed by atoms with Gasteiger partial charge in [0.05, 0.1) is 0 Å². The van der Waals surface area contributed by atoms with Gasteiger partial charge in [0.1, 0.15) is 0 Å². The lowest BCUT2D eigenvalue weighted by atomic mass is 9.89. The van der Waals surface area contributed by atoms with E-state index in [4.69, 9.17) is 5.41 Å². The molecule has 0 aromatic heterocycles. The Hall–Kier alpha value is -0.330. The predicted molar refractivity (Wildman–Crippen MR) is 51.3 cm³/mol. The summed E-state index contributed by atoms with van der Waals surface area (Å²) in [7, 11) is 0. The Morgan fingerprint density at radius 2 is 1.73 bits per heavy atom.